The summed E-state index contributed by atoms with van der Waals surface area (Å²) in [7, 11) is 0. The highest BCUT2D eigenvalue weighted by atomic mass is 16.5. The third-order valence-electron chi connectivity index (χ3n) is 7.46. The highest BCUT2D eigenvalue weighted by molar-refractivity contribution is 5.94. The lowest BCUT2D eigenvalue weighted by Crippen LogP contribution is -2.12. The van der Waals surface area contributed by atoms with Crippen molar-refractivity contribution in [3.8, 4) is 23.0 Å². The van der Waals surface area contributed by atoms with Crippen molar-refractivity contribution in [1.29, 1.82) is 0 Å². The molecule has 3 aromatic carbocycles. The Labute approximate surface area is 298 Å². The summed E-state index contributed by atoms with van der Waals surface area (Å²) in [6.07, 6.45) is 9.63. The highest BCUT2D eigenvalue weighted by Gasteiger charge is 2.17. The number of hydrogen-bond acceptors (Lipinski definition) is 11. The Kier molecular flexibility index (Phi) is 17.2. The van der Waals surface area contributed by atoms with Gasteiger partial charge in [-0.25, -0.2) is 19.2 Å². The van der Waals surface area contributed by atoms with Gasteiger partial charge in [0.25, 0.3) is 0 Å². The Morgan fingerprint density at radius 3 is 1.39 bits per heavy atom. The number of hydrogen-bond donors (Lipinski definition) is 0. The molecule has 0 heterocycles. The molecule has 270 valence electrons. The van der Waals surface area contributed by atoms with E-state index in [1.807, 2.05) is 0 Å². The molecule has 0 fully saturated rings. The number of aldehydes is 1. The average molecular weight is 701 g/mol. The van der Waals surface area contributed by atoms with Crippen LogP contribution in [0.1, 0.15) is 88.0 Å². The first kappa shape index (κ1) is 39.7. The molecule has 51 heavy (non-hydrogen) atoms. The van der Waals surface area contributed by atoms with Gasteiger partial charge >= 0.3 is 23.9 Å². The molecule has 3 aromatic rings. The number of carbonyl (C=O) groups is 5. The second kappa shape index (κ2) is 22.1. The standard InChI is InChI=1S/C40H44O11/c1-4-37(42)48-24-12-8-6-10-22-46-33-18-14-30(15-19-33)39(44)50-35-27-32(28-41)36(26-29(35)3)51-40(45)31-16-20-34(21-17-31)47-23-11-7-9-13-25-49-38(43)5-2/h4-5,14-21,26-28H,1-2,6-13,22-25H2,3H3. The van der Waals surface area contributed by atoms with E-state index in [0.29, 0.717) is 49.8 Å². The summed E-state index contributed by atoms with van der Waals surface area (Å²) in [6.45, 7) is 10.1. The molecule has 0 saturated carbocycles. The SMILES string of the molecule is C=CC(=O)OCCCCCCOc1ccc(C(=O)Oc2cc(C=O)c(OC(=O)c3ccc(OCCCCCCOC(=O)C=C)cc3)cc2C)cc1. The van der Waals surface area contributed by atoms with Crippen LogP contribution in [0.4, 0.5) is 0 Å². The van der Waals surface area contributed by atoms with Crippen LogP contribution < -0.4 is 18.9 Å². The van der Waals surface area contributed by atoms with E-state index in [4.69, 9.17) is 28.4 Å². The summed E-state index contributed by atoms with van der Waals surface area (Å²) in [5.41, 5.74) is 1.07. The minimum absolute atomic E-state index is 0.0320. The fourth-order valence-corrected chi connectivity index (χ4v) is 4.62. The Morgan fingerprint density at radius 1 is 0.569 bits per heavy atom. The van der Waals surface area contributed by atoms with E-state index in [1.54, 1.807) is 55.5 Å². The van der Waals surface area contributed by atoms with Crippen molar-refractivity contribution >= 4 is 30.2 Å². The summed E-state index contributed by atoms with van der Waals surface area (Å²) in [4.78, 5) is 59.7. The maximum absolute atomic E-state index is 12.9. The van der Waals surface area contributed by atoms with Crippen molar-refractivity contribution in [2.24, 2.45) is 0 Å². The van der Waals surface area contributed by atoms with Crippen LogP contribution in [0.2, 0.25) is 0 Å². The molecule has 0 N–H and O–H groups in total. The predicted octanol–water partition coefficient (Wildman–Crippen LogP) is 7.58. The third-order valence-corrected chi connectivity index (χ3v) is 7.46. The molecule has 0 saturated heterocycles. The second-order valence-corrected chi connectivity index (χ2v) is 11.4. The molecule has 11 nitrogen and oxygen atoms in total. The summed E-state index contributed by atoms with van der Waals surface area (Å²) >= 11 is 0. The van der Waals surface area contributed by atoms with Gasteiger partial charge in [0.1, 0.15) is 23.0 Å². The van der Waals surface area contributed by atoms with Crippen molar-refractivity contribution in [3.05, 3.63) is 108 Å². The molecule has 0 aliphatic rings. The van der Waals surface area contributed by atoms with Crippen molar-refractivity contribution in [2.75, 3.05) is 26.4 Å². The first-order chi connectivity index (χ1) is 24.7. The summed E-state index contributed by atoms with van der Waals surface area (Å²) in [6, 6.07) is 15.8. The van der Waals surface area contributed by atoms with Crippen molar-refractivity contribution in [1.82, 2.24) is 0 Å². The van der Waals surface area contributed by atoms with Gasteiger partial charge in [0.15, 0.2) is 6.29 Å². The van der Waals surface area contributed by atoms with E-state index >= 15 is 0 Å². The monoisotopic (exact) mass is 700 g/mol. The van der Waals surface area contributed by atoms with Crippen LogP contribution in [0.3, 0.4) is 0 Å². The second-order valence-electron chi connectivity index (χ2n) is 11.4. The highest BCUT2D eigenvalue weighted by Crippen LogP contribution is 2.29. The maximum atomic E-state index is 12.9. The maximum Gasteiger partial charge on any atom is 0.343 e. The minimum Gasteiger partial charge on any atom is -0.494 e. The molecule has 3 rings (SSSR count). The van der Waals surface area contributed by atoms with Crippen molar-refractivity contribution in [3.63, 3.8) is 0 Å². The van der Waals surface area contributed by atoms with Gasteiger partial charge in [0.2, 0.25) is 0 Å². The fourth-order valence-electron chi connectivity index (χ4n) is 4.62. The van der Waals surface area contributed by atoms with Crippen LogP contribution >= 0.6 is 0 Å². The lowest BCUT2D eigenvalue weighted by molar-refractivity contribution is -0.138. The topological polar surface area (TPSA) is 141 Å². The zero-order valence-corrected chi connectivity index (χ0v) is 28.9. The van der Waals surface area contributed by atoms with Crippen LogP contribution in [0.25, 0.3) is 0 Å². The van der Waals surface area contributed by atoms with E-state index in [0.717, 1.165) is 63.5 Å². The van der Waals surface area contributed by atoms with E-state index in [2.05, 4.69) is 13.2 Å². The van der Waals surface area contributed by atoms with E-state index in [-0.39, 0.29) is 28.2 Å². The fraction of sp³-hybridized carbons (Fsp3) is 0.325. The van der Waals surface area contributed by atoms with Crippen LogP contribution in [0.5, 0.6) is 23.0 Å². The van der Waals surface area contributed by atoms with Crippen LogP contribution in [-0.2, 0) is 19.1 Å². The predicted molar refractivity (Wildman–Crippen MR) is 190 cm³/mol. The lowest BCUT2D eigenvalue weighted by Gasteiger charge is -2.13. The Balaban J connectivity index is 1.43. The summed E-state index contributed by atoms with van der Waals surface area (Å²) < 4.78 is 32.5. The summed E-state index contributed by atoms with van der Waals surface area (Å²) in [5.74, 6) is -0.750. The van der Waals surface area contributed by atoms with Crippen LogP contribution in [0, 0.1) is 6.92 Å². The molecular weight excluding hydrogens is 656 g/mol. The molecule has 0 aliphatic heterocycles. The zero-order valence-electron chi connectivity index (χ0n) is 28.9. The zero-order chi connectivity index (χ0) is 36.8. The van der Waals surface area contributed by atoms with Gasteiger partial charge in [-0.1, -0.05) is 13.2 Å². The molecular formula is C40H44O11. The van der Waals surface area contributed by atoms with E-state index < -0.39 is 23.9 Å². The Hall–Kier alpha value is -5.71. The number of benzene rings is 3. The number of rotatable bonds is 23. The molecule has 0 amide bonds. The van der Waals surface area contributed by atoms with E-state index in [9.17, 15) is 24.0 Å². The van der Waals surface area contributed by atoms with Crippen LogP contribution in [-0.4, -0.2) is 56.6 Å². The molecule has 11 heteroatoms. The Bertz CT molecular complexity index is 1630. The van der Waals surface area contributed by atoms with Gasteiger partial charge < -0.3 is 28.4 Å². The summed E-state index contributed by atoms with van der Waals surface area (Å²) in [5, 5.41) is 0. The molecule has 0 aromatic heterocycles. The molecule has 0 atom stereocenters. The van der Waals surface area contributed by atoms with Gasteiger partial charge in [-0.2, -0.15) is 0 Å². The quantitative estimate of drug-likeness (QED) is 0.0318. The average Bonchev–Trinajstić information content (AvgIpc) is 3.14. The molecule has 0 spiro atoms. The van der Waals surface area contributed by atoms with Gasteiger partial charge in [0.05, 0.1) is 43.1 Å². The molecule has 0 radical (unpaired) electrons. The Morgan fingerprint density at radius 2 is 0.980 bits per heavy atom. The smallest absolute Gasteiger partial charge is 0.343 e. The minimum atomic E-state index is -0.667. The van der Waals surface area contributed by atoms with Crippen molar-refractivity contribution < 1.29 is 52.4 Å². The number of unbranched alkanes of at least 4 members (excludes halogenated alkanes) is 6. The van der Waals surface area contributed by atoms with E-state index in [1.165, 1.54) is 12.1 Å². The lowest BCUT2D eigenvalue weighted by atomic mass is 10.1. The van der Waals surface area contributed by atoms with Crippen LogP contribution in [0.15, 0.2) is 86.0 Å². The number of aryl methyl sites for hydroxylation is 1. The van der Waals surface area contributed by atoms with Gasteiger partial charge in [-0.05, 0) is 125 Å². The van der Waals surface area contributed by atoms with Gasteiger partial charge in [-0.15, -0.1) is 0 Å². The van der Waals surface area contributed by atoms with Gasteiger partial charge in [-0.3, -0.25) is 4.79 Å². The molecule has 0 aliphatic carbocycles. The van der Waals surface area contributed by atoms with Crippen molar-refractivity contribution in [2.45, 2.75) is 58.3 Å². The van der Waals surface area contributed by atoms with Gasteiger partial charge in [0, 0.05) is 12.2 Å². The number of ether oxygens (including phenoxy) is 6. The normalized spacial score (nSPS) is 10.4. The molecule has 0 unspecified atom stereocenters. The molecule has 0 bridgehead atoms. The third kappa shape index (κ3) is 14.4. The first-order valence-corrected chi connectivity index (χ1v) is 16.8. The largest absolute Gasteiger partial charge is 0.494 e. The number of carbonyl (C=O) groups excluding carboxylic acids is 5. The number of esters is 4. The first-order valence-electron chi connectivity index (χ1n) is 16.8.